The summed E-state index contributed by atoms with van der Waals surface area (Å²) in [4.78, 5) is 26.4. The Balaban J connectivity index is 1.51. The number of hydrogen-bond donors (Lipinski definition) is 1. The molecule has 0 aliphatic rings. The van der Waals surface area contributed by atoms with Gasteiger partial charge in [-0.15, -0.1) is 0 Å². The SMILES string of the molecule is C=C(c1ccc(Cl)cc1-c1ccc(C(=O)N[C@H](CCC)c2ccccc2)cc1C(C)=O)N(F)c1ccc2ccccc2c1C. The van der Waals surface area contributed by atoms with Gasteiger partial charge in [0, 0.05) is 21.7 Å². The lowest BCUT2D eigenvalue weighted by molar-refractivity contribution is 0.0934. The Morgan fingerprint density at radius 2 is 1.61 bits per heavy atom. The molecule has 0 aromatic heterocycles. The smallest absolute Gasteiger partial charge is 0.251 e. The number of benzene rings is 5. The topological polar surface area (TPSA) is 49.4 Å². The molecular weight excluding hydrogens is 571 g/mol. The van der Waals surface area contributed by atoms with Gasteiger partial charge in [0.2, 0.25) is 0 Å². The van der Waals surface area contributed by atoms with E-state index in [1.165, 1.54) is 6.92 Å². The van der Waals surface area contributed by atoms with Gasteiger partial charge in [-0.1, -0.05) is 109 Å². The third kappa shape index (κ3) is 6.29. The monoisotopic (exact) mass is 604 g/mol. The fraction of sp³-hybridized carbons (Fsp3) is 0.158. The van der Waals surface area contributed by atoms with E-state index in [9.17, 15) is 9.59 Å². The lowest BCUT2D eigenvalue weighted by Gasteiger charge is -2.23. The van der Waals surface area contributed by atoms with E-state index in [2.05, 4.69) is 18.8 Å². The van der Waals surface area contributed by atoms with Crippen LogP contribution in [0.1, 0.15) is 70.1 Å². The number of nitrogens with one attached hydrogen (secondary N) is 1. The number of anilines is 1. The van der Waals surface area contributed by atoms with Gasteiger partial charge in [-0.05, 0) is 83.6 Å². The van der Waals surface area contributed by atoms with E-state index in [1.807, 2.05) is 67.6 Å². The lowest BCUT2D eigenvalue weighted by Crippen LogP contribution is -2.28. The van der Waals surface area contributed by atoms with Crippen LogP contribution in [0.4, 0.5) is 10.2 Å². The summed E-state index contributed by atoms with van der Waals surface area (Å²) >= 11 is 6.43. The van der Waals surface area contributed by atoms with Crippen molar-refractivity contribution in [3.05, 3.63) is 143 Å². The maximum absolute atomic E-state index is 16.1. The molecule has 44 heavy (non-hydrogen) atoms. The van der Waals surface area contributed by atoms with E-state index in [4.69, 9.17) is 11.6 Å². The molecule has 1 N–H and O–H groups in total. The minimum absolute atomic E-state index is 0.0941. The van der Waals surface area contributed by atoms with Crippen LogP contribution in [0.2, 0.25) is 5.02 Å². The van der Waals surface area contributed by atoms with E-state index in [0.29, 0.717) is 43.6 Å². The van der Waals surface area contributed by atoms with Gasteiger partial charge in [-0.2, -0.15) is 5.12 Å². The highest BCUT2D eigenvalue weighted by atomic mass is 35.5. The van der Waals surface area contributed by atoms with Crippen molar-refractivity contribution in [1.29, 1.82) is 0 Å². The number of nitrogens with zero attached hydrogens (tertiary/aromatic N) is 1. The minimum atomic E-state index is -0.279. The highest BCUT2D eigenvalue weighted by Gasteiger charge is 2.23. The Labute approximate surface area is 262 Å². The first kappa shape index (κ1) is 30.7. The third-order valence-electron chi connectivity index (χ3n) is 7.95. The average molecular weight is 605 g/mol. The summed E-state index contributed by atoms with van der Waals surface area (Å²) in [5, 5.41) is 6.07. The number of aryl methyl sites for hydroxylation is 1. The van der Waals surface area contributed by atoms with Crippen molar-refractivity contribution in [2.45, 2.75) is 39.7 Å². The highest BCUT2D eigenvalue weighted by molar-refractivity contribution is 6.31. The number of carbonyl (C=O) groups excluding carboxylic acids is 2. The number of fused-ring (bicyclic) bond motifs is 1. The standard InChI is InChI=1S/C38H34ClFN2O2/c1-5-11-36(28-13-7-6-8-14-28)41-38(44)29-16-19-33(34(22-29)26(4)43)35-23-30(39)18-20-32(35)25(3)42(40)37-21-17-27-12-9-10-15-31(27)24(37)2/h6-10,12-23,36H,3,5,11H2,1-2,4H3,(H,41,44)/t36-/m1/s1. The molecule has 5 rings (SSSR count). The first-order valence-electron chi connectivity index (χ1n) is 14.6. The van der Waals surface area contributed by atoms with Gasteiger partial charge in [-0.25, -0.2) is 0 Å². The van der Waals surface area contributed by atoms with Gasteiger partial charge in [0.15, 0.2) is 5.78 Å². The number of Topliss-reactive ketones (excluding diaryl/α,β-unsaturated/α-hetero) is 1. The molecule has 0 unspecified atom stereocenters. The van der Waals surface area contributed by atoms with Crippen LogP contribution in [0, 0.1) is 6.92 Å². The number of carbonyl (C=O) groups is 2. The molecule has 0 heterocycles. The predicted octanol–water partition coefficient (Wildman–Crippen LogP) is 10.3. The number of halogens is 2. The van der Waals surface area contributed by atoms with Crippen molar-refractivity contribution >= 4 is 45.4 Å². The van der Waals surface area contributed by atoms with Crippen LogP contribution in [-0.2, 0) is 0 Å². The summed E-state index contributed by atoms with van der Waals surface area (Å²) in [7, 11) is 0. The minimum Gasteiger partial charge on any atom is -0.345 e. The summed E-state index contributed by atoms with van der Waals surface area (Å²) in [5.74, 6) is -0.513. The van der Waals surface area contributed by atoms with Gasteiger partial charge < -0.3 is 5.32 Å². The Kier molecular flexibility index (Phi) is 9.26. The Morgan fingerprint density at radius 3 is 2.34 bits per heavy atom. The van der Waals surface area contributed by atoms with Gasteiger partial charge in [0.1, 0.15) is 0 Å². The van der Waals surface area contributed by atoms with Crippen LogP contribution in [0.25, 0.3) is 27.6 Å². The van der Waals surface area contributed by atoms with Crippen molar-refractivity contribution in [2.75, 3.05) is 5.12 Å². The fourth-order valence-corrected chi connectivity index (χ4v) is 5.79. The van der Waals surface area contributed by atoms with Gasteiger partial charge in [0.05, 0.1) is 17.4 Å². The quantitative estimate of drug-likeness (QED) is 0.127. The molecule has 0 aliphatic heterocycles. The molecule has 1 amide bonds. The van der Waals surface area contributed by atoms with Crippen LogP contribution >= 0.6 is 11.6 Å². The number of hydrogen-bond acceptors (Lipinski definition) is 3. The number of amides is 1. The molecule has 0 saturated carbocycles. The lowest BCUT2D eigenvalue weighted by atomic mass is 9.91. The highest BCUT2D eigenvalue weighted by Crippen LogP contribution is 2.39. The Hall–Kier alpha value is -4.74. The molecule has 4 nitrogen and oxygen atoms in total. The van der Waals surface area contributed by atoms with Crippen LogP contribution < -0.4 is 10.4 Å². The summed E-state index contributed by atoms with van der Waals surface area (Å²) in [6.07, 6.45) is 1.67. The van der Waals surface area contributed by atoms with Crippen molar-refractivity contribution in [1.82, 2.24) is 5.32 Å². The zero-order valence-corrected chi connectivity index (χ0v) is 25.8. The Bertz CT molecular complexity index is 1870. The number of ketones is 1. The maximum atomic E-state index is 16.1. The van der Waals surface area contributed by atoms with E-state index < -0.39 is 0 Å². The average Bonchev–Trinajstić information content (AvgIpc) is 3.04. The van der Waals surface area contributed by atoms with Crippen LogP contribution in [0.3, 0.4) is 0 Å². The summed E-state index contributed by atoms with van der Waals surface area (Å²) < 4.78 is 16.1. The van der Waals surface area contributed by atoms with Crippen molar-refractivity contribution in [2.24, 2.45) is 0 Å². The van der Waals surface area contributed by atoms with Gasteiger partial charge in [-0.3, -0.25) is 9.59 Å². The third-order valence-corrected chi connectivity index (χ3v) is 8.18. The predicted molar refractivity (Wildman–Crippen MR) is 180 cm³/mol. The summed E-state index contributed by atoms with van der Waals surface area (Å²) in [5.41, 5.74) is 4.48. The fourth-order valence-electron chi connectivity index (χ4n) is 5.62. The molecule has 0 aliphatic carbocycles. The molecule has 0 radical (unpaired) electrons. The van der Waals surface area contributed by atoms with E-state index >= 15 is 4.48 Å². The molecule has 0 bridgehead atoms. The van der Waals surface area contributed by atoms with Crippen molar-refractivity contribution in [3.63, 3.8) is 0 Å². The summed E-state index contributed by atoms with van der Waals surface area (Å²) in [6, 6.07) is 31.1. The first-order chi connectivity index (χ1) is 21.2. The molecule has 0 fully saturated rings. The van der Waals surface area contributed by atoms with Gasteiger partial charge >= 0.3 is 0 Å². The van der Waals surface area contributed by atoms with E-state index in [-0.39, 0.29) is 23.4 Å². The van der Waals surface area contributed by atoms with Crippen molar-refractivity contribution in [3.8, 4) is 11.1 Å². The number of rotatable bonds is 10. The molecule has 6 heteroatoms. The largest absolute Gasteiger partial charge is 0.345 e. The van der Waals surface area contributed by atoms with E-state index in [1.54, 1.807) is 42.5 Å². The summed E-state index contributed by atoms with van der Waals surface area (Å²) in [6.45, 7) is 9.49. The zero-order valence-electron chi connectivity index (χ0n) is 25.0. The zero-order chi connectivity index (χ0) is 31.4. The van der Waals surface area contributed by atoms with Crippen LogP contribution in [-0.4, -0.2) is 11.7 Å². The second-order valence-corrected chi connectivity index (χ2v) is 11.3. The normalized spacial score (nSPS) is 11.7. The van der Waals surface area contributed by atoms with Crippen molar-refractivity contribution < 1.29 is 14.1 Å². The molecule has 5 aromatic carbocycles. The molecular formula is C38H34ClFN2O2. The Morgan fingerprint density at radius 1 is 0.886 bits per heavy atom. The molecule has 5 aromatic rings. The molecule has 0 saturated heterocycles. The molecule has 0 spiro atoms. The van der Waals surface area contributed by atoms with Crippen LogP contribution in [0.5, 0.6) is 0 Å². The second-order valence-electron chi connectivity index (χ2n) is 10.9. The maximum Gasteiger partial charge on any atom is 0.251 e. The van der Waals surface area contributed by atoms with Crippen LogP contribution in [0.15, 0.2) is 110 Å². The second kappa shape index (κ2) is 13.3. The van der Waals surface area contributed by atoms with E-state index in [0.717, 1.165) is 34.7 Å². The first-order valence-corrected chi connectivity index (χ1v) is 15.0. The molecule has 222 valence electrons. The van der Waals surface area contributed by atoms with Gasteiger partial charge in [0.25, 0.3) is 5.91 Å². The molecule has 1 atom stereocenters.